The molecule has 2 saturated heterocycles. The zero-order valence-electron chi connectivity index (χ0n) is 22.8. The SMILES string of the molecule is C=C.C=C(c1ccc(C2=CC3(CCNCC3)Oc3cc(C(=C)N4CCCC4)ccc32)cc1)N(CC)CC. The van der Waals surface area contributed by atoms with Crippen LogP contribution < -0.4 is 10.1 Å². The van der Waals surface area contributed by atoms with Crippen molar-refractivity contribution >= 4 is 17.0 Å². The first-order valence-electron chi connectivity index (χ1n) is 13.8. The first kappa shape index (κ1) is 26.8. The maximum Gasteiger partial charge on any atom is 0.130 e. The van der Waals surface area contributed by atoms with Crippen molar-refractivity contribution in [2.45, 2.75) is 45.1 Å². The second-order valence-corrected chi connectivity index (χ2v) is 10.0. The van der Waals surface area contributed by atoms with Crippen LogP contribution in [-0.4, -0.2) is 54.7 Å². The van der Waals surface area contributed by atoms with Crippen LogP contribution in [0, 0.1) is 0 Å². The lowest BCUT2D eigenvalue weighted by Crippen LogP contribution is -2.46. The molecule has 3 aliphatic heterocycles. The van der Waals surface area contributed by atoms with E-state index in [9.17, 15) is 0 Å². The Balaban J connectivity index is 0.00000156. The number of piperidine rings is 1. The van der Waals surface area contributed by atoms with Gasteiger partial charge in [0.2, 0.25) is 0 Å². The Hall–Kier alpha value is -3.24. The lowest BCUT2D eigenvalue weighted by Gasteiger charge is -2.40. The van der Waals surface area contributed by atoms with E-state index in [-0.39, 0.29) is 5.60 Å². The van der Waals surface area contributed by atoms with Gasteiger partial charge in [0.25, 0.3) is 0 Å². The van der Waals surface area contributed by atoms with Crippen molar-refractivity contribution < 1.29 is 4.74 Å². The Morgan fingerprint density at radius 1 is 0.946 bits per heavy atom. The summed E-state index contributed by atoms with van der Waals surface area (Å²) in [6, 6.07) is 15.6. The van der Waals surface area contributed by atoms with E-state index in [1.807, 2.05) is 0 Å². The Kier molecular flexibility index (Phi) is 8.60. The van der Waals surface area contributed by atoms with Crippen molar-refractivity contribution in [1.82, 2.24) is 15.1 Å². The van der Waals surface area contributed by atoms with Crippen molar-refractivity contribution in [2.24, 2.45) is 0 Å². The molecule has 2 aromatic rings. The molecule has 0 aliphatic carbocycles. The molecule has 1 N–H and O–H groups in total. The molecule has 2 fully saturated rings. The van der Waals surface area contributed by atoms with Crippen LogP contribution >= 0.6 is 0 Å². The van der Waals surface area contributed by atoms with E-state index in [1.54, 1.807) is 0 Å². The van der Waals surface area contributed by atoms with Gasteiger partial charge in [-0.05, 0) is 74.7 Å². The van der Waals surface area contributed by atoms with Gasteiger partial charge >= 0.3 is 0 Å². The quantitative estimate of drug-likeness (QED) is 0.425. The number of benzene rings is 2. The Morgan fingerprint density at radius 2 is 1.57 bits per heavy atom. The number of rotatable bonds is 7. The predicted molar refractivity (Wildman–Crippen MR) is 158 cm³/mol. The molecule has 37 heavy (non-hydrogen) atoms. The van der Waals surface area contributed by atoms with Gasteiger partial charge in [0, 0.05) is 61.5 Å². The lowest BCUT2D eigenvalue weighted by molar-refractivity contribution is 0.0816. The number of nitrogens with zero attached hydrogens (tertiary/aromatic N) is 2. The highest BCUT2D eigenvalue weighted by molar-refractivity contribution is 5.86. The standard InChI is InChI=1S/C31H39N3O.C2H4/c1-5-33(6-2)23(3)25-9-11-26(12-10-25)29-22-31(15-17-32-18-16-31)35-30-21-27(13-14-28(29)30)24(4)34-19-7-8-20-34;1-2/h9-14,21-22,32H,3-8,15-20H2,1-2H3;1-2H2. The van der Waals surface area contributed by atoms with Crippen LogP contribution in [0.3, 0.4) is 0 Å². The smallest absolute Gasteiger partial charge is 0.130 e. The fourth-order valence-corrected chi connectivity index (χ4v) is 5.73. The minimum Gasteiger partial charge on any atom is -0.482 e. The minimum atomic E-state index is -0.259. The summed E-state index contributed by atoms with van der Waals surface area (Å²) in [5, 5.41) is 3.50. The van der Waals surface area contributed by atoms with E-state index < -0.39 is 0 Å². The summed E-state index contributed by atoms with van der Waals surface area (Å²) >= 11 is 0. The summed E-state index contributed by atoms with van der Waals surface area (Å²) in [6.07, 6.45) is 6.84. The number of nitrogens with one attached hydrogen (secondary N) is 1. The second kappa shape index (κ2) is 11.9. The molecule has 0 bridgehead atoms. The van der Waals surface area contributed by atoms with Crippen molar-refractivity contribution in [3.8, 4) is 5.75 Å². The second-order valence-electron chi connectivity index (χ2n) is 10.0. The van der Waals surface area contributed by atoms with Gasteiger partial charge in [0.1, 0.15) is 11.4 Å². The average molecular weight is 498 g/mol. The molecule has 196 valence electrons. The van der Waals surface area contributed by atoms with Crippen molar-refractivity contribution in [3.05, 3.63) is 97.1 Å². The average Bonchev–Trinajstić information content (AvgIpc) is 3.49. The van der Waals surface area contributed by atoms with Gasteiger partial charge in [-0.1, -0.05) is 43.5 Å². The number of hydrogen-bond donors (Lipinski definition) is 1. The van der Waals surface area contributed by atoms with Crippen molar-refractivity contribution in [2.75, 3.05) is 39.3 Å². The monoisotopic (exact) mass is 497 g/mol. The largest absolute Gasteiger partial charge is 0.482 e. The first-order chi connectivity index (χ1) is 18.0. The highest BCUT2D eigenvalue weighted by Gasteiger charge is 2.37. The van der Waals surface area contributed by atoms with Gasteiger partial charge in [0.15, 0.2) is 0 Å². The van der Waals surface area contributed by atoms with E-state index in [0.29, 0.717) is 0 Å². The van der Waals surface area contributed by atoms with Crippen LogP contribution in [0.25, 0.3) is 17.0 Å². The van der Waals surface area contributed by atoms with Crippen LogP contribution in [0.5, 0.6) is 5.75 Å². The van der Waals surface area contributed by atoms with Crippen molar-refractivity contribution in [1.29, 1.82) is 0 Å². The molecule has 0 saturated carbocycles. The van der Waals surface area contributed by atoms with Gasteiger partial charge in [-0.15, -0.1) is 13.2 Å². The molecule has 4 nitrogen and oxygen atoms in total. The van der Waals surface area contributed by atoms with E-state index in [2.05, 4.69) is 104 Å². The lowest BCUT2D eigenvalue weighted by atomic mass is 9.83. The molecular weight excluding hydrogens is 454 g/mol. The molecule has 0 unspecified atom stereocenters. The fraction of sp³-hybridized carbons (Fsp3) is 0.394. The van der Waals surface area contributed by atoms with E-state index in [1.165, 1.54) is 40.7 Å². The fourth-order valence-electron chi connectivity index (χ4n) is 5.73. The topological polar surface area (TPSA) is 27.7 Å². The molecule has 4 heteroatoms. The third kappa shape index (κ3) is 5.55. The summed E-state index contributed by atoms with van der Waals surface area (Å²) in [7, 11) is 0. The summed E-state index contributed by atoms with van der Waals surface area (Å²) < 4.78 is 6.79. The zero-order chi connectivity index (χ0) is 26.4. The summed E-state index contributed by atoms with van der Waals surface area (Å²) in [6.45, 7) is 25.2. The van der Waals surface area contributed by atoms with Crippen molar-refractivity contribution in [3.63, 3.8) is 0 Å². The molecule has 0 radical (unpaired) electrons. The van der Waals surface area contributed by atoms with Crippen LogP contribution in [0.2, 0.25) is 0 Å². The third-order valence-corrected chi connectivity index (χ3v) is 7.94. The van der Waals surface area contributed by atoms with Gasteiger partial charge in [-0.3, -0.25) is 0 Å². The van der Waals surface area contributed by atoms with E-state index in [0.717, 1.165) is 69.3 Å². The van der Waals surface area contributed by atoms with E-state index in [4.69, 9.17) is 4.74 Å². The van der Waals surface area contributed by atoms with Gasteiger partial charge in [-0.2, -0.15) is 0 Å². The van der Waals surface area contributed by atoms with Crippen LogP contribution in [0.4, 0.5) is 0 Å². The highest BCUT2D eigenvalue weighted by Crippen LogP contribution is 2.44. The summed E-state index contributed by atoms with van der Waals surface area (Å²) in [5.41, 5.74) is 7.96. The number of likely N-dealkylation sites (tertiary alicyclic amines) is 1. The summed E-state index contributed by atoms with van der Waals surface area (Å²) in [4.78, 5) is 4.71. The predicted octanol–water partition coefficient (Wildman–Crippen LogP) is 6.81. The molecule has 0 atom stereocenters. The minimum absolute atomic E-state index is 0.259. The van der Waals surface area contributed by atoms with Crippen LogP contribution in [0.1, 0.15) is 61.8 Å². The number of hydrogen-bond acceptors (Lipinski definition) is 4. The number of fused-ring (bicyclic) bond motifs is 1. The Morgan fingerprint density at radius 3 is 2.19 bits per heavy atom. The van der Waals surface area contributed by atoms with Crippen LogP contribution in [-0.2, 0) is 0 Å². The molecule has 5 rings (SSSR count). The molecule has 0 amide bonds. The van der Waals surface area contributed by atoms with Gasteiger partial charge < -0.3 is 19.9 Å². The third-order valence-electron chi connectivity index (χ3n) is 7.94. The van der Waals surface area contributed by atoms with Crippen LogP contribution in [0.15, 0.2) is 74.9 Å². The summed E-state index contributed by atoms with van der Waals surface area (Å²) in [5.74, 6) is 0.985. The molecule has 0 aromatic heterocycles. The van der Waals surface area contributed by atoms with E-state index >= 15 is 0 Å². The van der Waals surface area contributed by atoms with Gasteiger partial charge in [-0.25, -0.2) is 0 Å². The number of ether oxygens (including phenoxy) is 1. The molecule has 2 aromatic carbocycles. The van der Waals surface area contributed by atoms with Gasteiger partial charge in [0.05, 0.1) is 0 Å². The Labute approximate surface area is 224 Å². The maximum absolute atomic E-state index is 6.79. The Bertz CT molecular complexity index is 1130. The highest BCUT2D eigenvalue weighted by atomic mass is 16.5. The first-order valence-corrected chi connectivity index (χ1v) is 13.8. The zero-order valence-corrected chi connectivity index (χ0v) is 22.8. The normalized spacial score (nSPS) is 17.7. The molecule has 3 aliphatic rings. The molecule has 3 heterocycles. The maximum atomic E-state index is 6.79. The molecule has 1 spiro atoms. The molecular formula is C33H43N3O.